The van der Waals surface area contributed by atoms with Gasteiger partial charge in [0.05, 0.1) is 22.7 Å². The van der Waals surface area contributed by atoms with E-state index in [2.05, 4.69) is 11.8 Å². The summed E-state index contributed by atoms with van der Waals surface area (Å²) in [5, 5.41) is 11.4. The zero-order chi connectivity index (χ0) is 18.4. The van der Waals surface area contributed by atoms with Crippen molar-refractivity contribution in [3.63, 3.8) is 0 Å². The number of pyridine rings is 1. The molecule has 0 radical (unpaired) electrons. The number of anilines is 1. The van der Waals surface area contributed by atoms with Crippen LogP contribution in [0.4, 0.5) is 10.1 Å². The number of piperazine rings is 1. The first kappa shape index (κ1) is 20.9. The minimum atomic E-state index is -1.52. The summed E-state index contributed by atoms with van der Waals surface area (Å²) in [5.41, 5.74) is -0.0219. The number of nitrogens with zero attached hydrogens (tertiary/aromatic N) is 3. The number of benzene rings is 1. The Morgan fingerprint density at radius 2 is 1.89 bits per heavy atom. The molecule has 6 nitrogen and oxygen atoms in total. The number of carbonyl (C=O) groups is 1. The topological polar surface area (TPSA) is 68.6 Å². The molecule has 2 aromatic rings. The second-order valence-electron chi connectivity index (χ2n) is 7.04. The normalized spacial score (nSPS) is 17.8. The van der Waals surface area contributed by atoms with Gasteiger partial charge in [0.25, 0.3) is 0 Å². The minimum Gasteiger partial charge on any atom is -0.545 e. The molecule has 0 amide bonds. The van der Waals surface area contributed by atoms with E-state index in [-0.39, 0.29) is 62.8 Å². The molecule has 0 bridgehead atoms. The van der Waals surface area contributed by atoms with Gasteiger partial charge in [-0.15, -0.1) is 0 Å². The first-order valence-electron chi connectivity index (χ1n) is 9.06. The maximum atomic E-state index is 14.8. The third-order valence-electron chi connectivity index (χ3n) is 5.42. The molecule has 1 aliphatic heterocycles. The minimum absolute atomic E-state index is 0. The fourth-order valence-corrected chi connectivity index (χ4v) is 3.71. The van der Waals surface area contributed by atoms with Crippen LogP contribution in [0.25, 0.3) is 10.9 Å². The molecular weight excluding hydrogens is 376 g/mol. The molecule has 2 heterocycles. The number of carboxylic acid groups (broad SMARTS) is 1. The Hall–Kier alpha value is -0.774. The second-order valence-corrected chi connectivity index (χ2v) is 7.04. The van der Waals surface area contributed by atoms with Gasteiger partial charge in [-0.3, -0.25) is 4.79 Å². The summed E-state index contributed by atoms with van der Waals surface area (Å²) >= 11 is 0. The summed E-state index contributed by atoms with van der Waals surface area (Å²) < 4.78 is 16.6. The number of halogens is 1. The van der Waals surface area contributed by atoms with Crippen molar-refractivity contribution in [3.05, 3.63) is 39.9 Å². The van der Waals surface area contributed by atoms with Crippen molar-refractivity contribution in [3.8, 4) is 0 Å². The average molecular weight is 397 g/mol. The van der Waals surface area contributed by atoms with Crippen molar-refractivity contribution in [1.82, 2.24) is 9.47 Å². The molecule has 0 N–H and O–H groups in total. The Bertz CT molecular complexity index is 934. The van der Waals surface area contributed by atoms with Gasteiger partial charge in [0, 0.05) is 43.8 Å². The van der Waals surface area contributed by atoms with Gasteiger partial charge in [-0.2, -0.15) is 0 Å². The van der Waals surface area contributed by atoms with Gasteiger partial charge in [0.1, 0.15) is 5.82 Å². The van der Waals surface area contributed by atoms with E-state index in [0.29, 0.717) is 11.2 Å². The number of aromatic nitrogens is 1. The Balaban J connectivity index is 0.00000210. The second kappa shape index (κ2) is 8.30. The monoisotopic (exact) mass is 397 g/mol. The number of carboxylic acids is 1. The maximum absolute atomic E-state index is 14.8. The summed E-state index contributed by atoms with van der Waals surface area (Å²) in [4.78, 5) is 28.1. The van der Waals surface area contributed by atoms with Crippen LogP contribution in [0.15, 0.2) is 23.1 Å². The van der Waals surface area contributed by atoms with Crippen LogP contribution < -0.4 is 66.8 Å². The average Bonchev–Trinajstić information content (AvgIpc) is 3.47. The smallest absolute Gasteiger partial charge is 0.545 e. The van der Waals surface area contributed by atoms with E-state index < -0.39 is 22.8 Å². The standard InChI is InChI=1S/C19H22FN3O3.K/c1-2-21-5-7-22(8-6-21)17-10-16-13(9-15(17)20)18(24)14(19(25)26)11-23(16)12-3-4-12;/h9-12H,2-8H2,1H3,(H,25,26);/q;+1/p-1. The quantitative estimate of drug-likeness (QED) is 0.558. The van der Waals surface area contributed by atoms with E-state index in [1.165, 1.54) is 12.3 Å². The third-order valence-corrected chi connectivity index (χ3v) is 5.42. The number of carbonyl (C=O) groups excluding carboxylic acids is 1. The summed E-state index contributed by atoms with van der Waals surface area (Å²) in [5.74, 6) is -2.01. The number of rotatable bonds is 4. The molecule has 1 aromatic heterocycles. The predicted octanol–water partition coefficient (Wildman–Crippen LogP) is -2.02. The number of aromatic carboxylic acids is 1. The zero-order valence-electron chi connectivity index (χ0n) is 15.7. The zero-order valence-corrected chi connectivity index (χ0v) is 18.8. The van der Waals surface area contributed by atoms with Crippen LogP contribution >= 0.6 is 0 Å². The summed E-state index contributed by atoms with van der Waals surface area (Å²) in [6, 6.07) is 3.04. The van der Waals surface area contributed by atoms with Crippen LogP contribution in [0.3, 0.4) is 0 Å². The first-order chi connectivity index (χ1) is 12.5. The molecule has 0 atom stereocenters. The van der Waals surface area contributed by atoms with Crippen LogP contribution in [0.1, 0.15) is 36.2 Å². The molecule has 2 fully saturated rings. The van der Waals surface area contributed by atoms with Crippen molar-refractivity contribution in [2.45, 2.75) is 25.8 Å². The van der Waals surface area contributed by atoms with Crippen LogP contribution in [0, 0.1) is 5.82 Å². The van der Waals surface area contributed by atoms with Crippen LogP contribution in [-0.2, 0) is 0 Å². The molecule has 138 valence electrons. The molecule has 1 saturated heterocycles. The predicted molar refractivity (Wildman–Crippen MR) is 95.1 cm³/mol. The van der Waals surface area contributed by atoms with Crippen molar-refractivity contribution in [2.24, 2.45) is 0 Å². The molecule has 0 spiro atoms. The fourth-order valence-electron chi connectivity index (χ4n) is 3.71. The molecule has 1 aliphatic carbocycles. The molecule has 1 saturated carbocycles. The van der Waals surface area contributed by atoms with Crippen LogP contribution in [0.5, 0.6) is 0 Å². The molecule has 0 unspecified atom stereocenters. The Morgan fingerprint density at radius 3 is 2.44 bits per heavy atom. The van der Waals surface area contributed by atoms with Crippen LogP contribution in [0.2, 0.25) is 0 Å². The van der Waals surface area contributed by atoms with E-state index >= 15 is 0 Å². The number of likely N-dealkylation sites (N-methyl/N-ethyl adjacent to an activating group) is 1. The van der Waals surface area contributed by atoms with Crippen molar-refractivity contribution in [1.29, 1.82) is 0 Å². The van der Waals surface area contributed by atoms with E-state index in [4.69, 9.17) is 0 Å². The Kier molecular flexibility index (Phi) is 6.44. The largest absolute Gasteiger partial charge is 1.00 e. The molecule has 27 heavy (non-hydrogen) atoms. The maximum Gasteiger partial charge on any atom is 1.00 e. The fraction of sp³-hybridized carbons (Fsp3) is 0.474. The third kappa shape index (κ3) is 4.01. The summed E-state index contributed by atoms with van der Waals surface area (Å²) in [7, 11) is 0. The van der Waals surface area contributed by atoms with Crippen molar-refractivity contribution < 1.29 is 65.7 Å². The number of hydrogen-bond donors (Lipinski definition) is 0. The molecule has 2 aliphatic rings. The van der Waals surface area contributed by atoms with Gasteiger partial charge in [0.15, 0.2) is 5.43 Å². The van der Waals surface area contributed by atoms with Gasteiger partial charge in [0.2, 0.25) is 0 Å². The van der Waals surface area contributed by atoms with Gasteiger partial charge >= 0.3 is 51.4 Å². The van der Waals surface area contributed by atoms with Gasteiger partial charge in [-0.05, 0) is 31.5 Å². The van der Waals surface area contributed by atoms with E-state index in [9.17, 15) is 19.1 Å². The molecular formula is C19H21FKN3O3. The van der Waals surface area contributed by atoms with Crippen molar-refractivity contribution in [2.75, 3.05) is 37.6 Å². The van der Waals surface area contributed by atoms with E-state index in [1.54, 1.807) is 10.6 Å². The molecule has 4 rings (SSSR count). The summed E-state index contributed by atoms with van der Waals surface area (Å²) in [6.07, 6.45) is 3.20. The van der Waals surface area contributed by atoms with Gasteiger partial charge < -0.3 is 24.3 Å². The van der Waals surface area contributed by atoms with E-state index in [1.807, 2.05) is 4.90 Å². The van der Waals surface area contributed by atoms with Gasteiger partial charge in [-0.1, -0.05) is 6.92 Å². The molecule has 8 heteroatoms. The van der Waals surface area contributed by atoms with Crippen molar-refractivity contribution >= 4 is 22.6 Å². The number of hydrogen-bond acceptors (Lipinski definition) is 5. The molecule has 1 aromatic carbocycles. The first-order valence-corrected chi connectivity index (χ1v) is 9.06. The summed E-state index contributed by atoms with van der Waals surface area (Å²) in [6.45, 7) is 6.26. The SMILES string of the molecule is CCN1CCN(c2cc3c(cc2F)c(=O)c(C(=O)[O-])cn3C2CC2)CC1.[K+]. The van der Waals surface area contributed by atoms with Gasteiger partial charge in [-0.25, -0.2) is 4.39 Å². The number of fused-ring (bicyclic) bond motifs is 1. The van der Waals surface area contributed by atoms with E-state index in [0.717, 1.165) is 45.6 Å². The Labute approximate surface area is 199 Å². The van der Waals surface area contributed by atoms with Crippen LogP contribution in [-0.4, -0.2) is 48.2 Å². The Morgan fingerprint density at radius 1 is 1.22 bits per heavy atom.